The van der Waals surface area contributed by atoms with Crippen LogP contribution in [0.2, 0.25) is 0 Å². The highest BCUT2D eigenvalue weighted by Crippen LogP contribution is 2.30. The molecule has 0 aromatic heterocycles. The molecule has 1 aliphatic heterocycles. The summed E-state index contributed by atoms with van der Waals surface area (Å²) in [5, 5.41) is 31.8. The number of amides is 1. The van der Waals surface area contributed by atoms with Gasteiger partial charge >= 0.3 is 0 Å². The van der Waals surface area contributed by atoms with Gasteiger partial charge in [-0.1, -0.05) is 6.07 Å². The van der Waals surface area contributed by atoms with Crippen LogP contribution in [0.5, 0.6) is 5.75 Å². The molecule has 0 bridgehead atoms. The minimum Gasteiger partial charge on any atom is -0.469 e. The van der Waals surface area contributed by atoms with Gasteiger partial charge in [-0.3, -0.25) is 9.59 Å². The fourth-order valence-corrected chi connectivity index (χ4v) is 2.34. The van der Waals surface area contributed by atoms with Gasteiger partial charge < -0.3 is 39.6 Å². The Labute approximate surface area is 149 Å². The second-order valence-corrected chi connectivity index (χ2v) is 5.57. The van der Waals surface area contributed by atoms with E-state index >= 15 is 0 Å². The molecule has 0 aliphatic carbocycles. The van der Waals surface area contributed by atoms with Crippen LogP contribution in [0.25, 0.3) is 0 Å². The lowest BCUT2D eigenvalue weighted by molar-refractivity contribution is -0.263. The molecule has 1 fully saturated rings. The zero-order valence-corrected chi connectivity index (χ0v) is 13.8. The molecule has 1 heterocycles. The maximum Gasteiger partial charge on any atom is 0.243 e. The largest absolute Gasteiger partial charge is 0.469 e. The van der Waals surface area contributed by atoms with Gasteiger partial charge in [-0.05, 0) is 17.7 Å². The number of aliphatic hydroxyl groups is 3. The van der Waals surface area contributed by atoms with Gasteiger partial charge in [0.2, 0.25) is 26.4 Å². The van der Waals surface area contributed by atoms with E-state index in [-0.39, 0.29) is 24.3 Å². The highest BCUT2D eigenvalue weighted by atomic mass is 16.7. The Hall–Kier alpha value is -2.47. The lowest BCUT2D eigenvalue weighted by Crippen LogP contribution is -2.59. The van der Waals surface area contributed by atoms with Crippen LogP contribution in [-0.2, 0) is 25.7 Å². The van der Waals surface area contributed by atoms with Crippen LogP contribution in [0.1, 0.15) is 5.56 Å². The summed E-state index contributed by atoms with van der Waals surface area (Å²) in [7, 11) is 1.26. The number of rotatable bonds is 7. The van der Waals surface area contributed by atoms with E-state index in [4.69, 9.17) is 14.2 Å². The third kappa shape index (κ3) is 4.58. The second-order valence-electron chi connectivity index (χ2n) is 5.57. The summed E-state index contributed by atoms with van der Waals surface area (Å²) in [6.45, 7) is -0.0240. The molecule has 11 heteroatoms. The van der Waals surface area contributed by atoms with Gasteiger partial charge in [-0.2, -0.15) is 0 Å². The third-order valence-electron chi connectivity index (χ3n) is 3.68. The first-order valence-corrected chi connectivity index (χ1v) is 7.65. The SMILES string of the molecule is BC(=O)OCc1ccc(OC2OC(C=O)C(O)C(O)C2O)c(NC=O)c1. The van der Waals surface area contributed by atoms with Crippen molar-refractivity contribution in [3.05, 3.63) is 23.8 Å². The number of ether oxygens (including phenoxy) is 3. The van der Waals surface area contributed by atoms with Crippen LogP contribution < -0.4 is 10.1 Å². The van der Waals surface area contributed by atoms with Crippen molar-refractivity contribution in [3.8, 4) is 5.75 Å². The van der Waals surface area contributed by atoms with E-state index in [0.717, 1.165) is 0 Å². The Kier molecular flexibility index (Phi) is 6.69. The average molecular weight is 367 g/mol. The first-order chi connectivity index (χ1) is 12.4. The van der Waals surface area contributed by atoms with E-state index in [1.165, 1.54) is 20.0 Å². The summed E-state index contributed by atoms with van der Waals surface area (Å²) in [5.41, 5.74) is 0.743. The predicted molar refractivity (Wildman–Crippen MR) is 88.2 cm³/mol. The highest BCUT2D eigenvalue weighted by Gasteiger charge is 2.45. The van der Waals surface area contributed by atoms with Crippen molar-refractivity contribution >= 4 is 32.1 Å². The number of aldehydes is 1. The summed E-state index contributed by atoms with van der Waals surface area (Å²) in [6.07, 6.45) is -7.06. The van der Waals surface area contributed by atoms with Gasteiger partial charge in [0.1, 0.15) is 36.8 Å². The normalized spacial score (nSPS) is 28.0. The lowest BCUT2D eigenvalue weighted by Gasteiger charge is -2.38. The lowest BCUT2D eigenvalue weighted by atomic mass is 10.00. The van der Waals surface area contributed by atoms with Crippen LogP contribution in [0, 0.1) is 0 Å². The van der Waals surface area contributed by atoms with Crippen molar-refractivity contribution in [1.29, 1.82) is 0 Å². The maximum atomic E-state index is 10.9. The van der Waals surface area contributed by atoms with Crippen molar-refractivity contribution < 1.29 is 43.9 Å². The van der Waals surface area contributed by atoms with Crippen molar-refractivity contribution in [2.75, 3.05) is 5.32 Å². The monoisotopic (exact) mass is 367 g/mol. The molecular formula is C15H18BNO9. The summed E-state index contributed by atoms with van der Waals surface area (Å²) in [5.74, 6) is -0.401. The number of anilines is 1. The van der Waals surface area contributed by atoms with Gasteiger partial charge in [0.25, 0.3) is 0 Å². The average Bonchev–Trinajstić information content (AvgIpc) is 2.62. The quantitative estimate of drug-likeness (QED) is 0.314. The molecule has 0 spiro atoms. The minimum atomic E-state index is -1.66. The van der Waals surface area contributed by atoms with Gasteiger partial charge in [0, 0.05) is 0 Å². The Bertz CT molecular complexity index is 671. The number of nitrogens with one attached hydrogen (secondary N) is 1. The van der Waals surface area contributed by atoms with Crippen LogP contribution in [0.3, 0.4) is 0 Å². The van der Waals surface area contributed by atoms with E-state index < -0.39 is 36.6 Å². The van der Waals surface area contributed by atoms with Gasteiger partial charge in [-0.25, -0.2) is 0 Å². The zero-order valence-electron chi connectivity index (χ0n) is 13.8. The molecule has 140 valence electrons. The van der Waals surface area contributed by atoms with Gasteiger partial charge in [-0.15, -0.1) is 0 Å². The van der Waals surface area contributed by atoms with Crippen LogP contribution >= 0.6 is 0 Å². The molecule has 1 saturated heterocycles. The van der Waals surface area contributed by atoms with Crippen LogP contribution in [0.4, 0.5) is 10.5 Å². The standard InChI is InChI=1S/C15H18BNO9/c16-15(23)24-5-7-1-2-9(8(3-7)17-6-19)25-14-13(22)12(21)11(20)10(4-18)26-14/h1-4,6,10-14,20-22H,5,16H2,(H,17,19). The molecule has 0 radical (unpaired) electrons. The van der Waals surface area contributed by atoms with Crippen molar-refractivity contribution in [2.45, 2.75) is 37.3 Å². The Morgan fingerprint density at radius 1 is 1.23 bits per heavy atom. The fourth-order valence-electron chi connectivity index (χ4n) is 2.34. The fraction of sp³-hybridized carbons (Fsp3) is 0.400. The number of benzene rings is 1. The molecule has 1 amide bonds. The van der Waals surface area contributed by atoms with E-state index in [1.807, 2.05) is 0 Å². The van der Waals surface area contributed by atoms with Gasteiger partial charge in [0.05, 0.1) is 5.69 Å². The Balaban J connectivity index is 2.20. The van der Waals surface area contributed by atoms with E-state index in [1.54, 1.807) is 6.07 Å². The molecule has 1 aromatic rings. The minimum absolute atomic E-state index is 0.0240. The molecule has 26 heavy (non-hydrogen) atoms. The van der Waals surface area contributed by atoms with E-state index in [2.05, 4.69) is 5.32 Å². The Morgan fingerprint density at radius 2 is 1.96 bits per heavy atom. The molecule has 2 rings (SSSR count). The maximum absolute atomic E-state index is 10.9. The van der Waals surface area contributed by atoms with E-state index in [9.17, 15) is 29.7 Å². The predicted octanol–water partition coefficient (Wildman–Crippen LogP) is -2.09. The van der Waals surface area contributed by atoms with Crippen LogP contribution in [-0.4, -0.2) is 72.4 Å². The molecule has 10 nitrogen and oxygen atoms in total. The van der Waals surface area contributed by atoms with Gasteiger partial charge in [0.15, 0.2) is 6.29 Å². The van der Waals surface area contributed by atoms with Crippen molar-refractivity contribution in [2.24, 2.45) is 0 Å². The first kappa shape index (κ1) is 19.9. The number of carbonyl (C=O) groups excluding carboxylic acids is 3. The smallest absolute Gasteiger partial charge is 0.243 e. The summed E-state index contributed by atoms with van der Waals surface area (Å²) in [4.78, 5) is 32.6. The molecular weight excluding hydrogens is 349 g/mol. The third-order valence-corrected chi connectivity index (χ3v) is 3.68. The summed E-state index contributed by atoms with van der Waals surface area (Å²) in [6, 6.07) is 4.45. The molecule has 0 saturated carbocycles. The summed E-state index contributed by atoms with van der Waals surface area (Å²) >= 11 is 0. The summed E-state index contributed by atoms with van der Waals surface area (Å²) < 4.78 is 15.5. The highest BCUT2D eigenvalue weighted by molar-refractivity contribution is 6.55. The number of hydrogen-bond acceptors (Lipinski definition) is 9. The molecule has 1 aliphatic rings. The second kappa shape index (κ2) is 8.76. The first-order valence-electron chi connectivity index (χ1n) is 7.65. The Morgan fingerprint density at radius 3 is 2.58 bits per heavy atom. The molecule has 1 aromatic carbocycles. The van der Waals surface area contributed by atoms with Crippen molar-refractivity contribution in [1.82, 2.24) is 0 Å². The zero-order chi connectivity index (χ0) is 19.3. The molecule has 5 atom stereocenters. The molecule has 5 unspecified atom stereocenters. The molecule has 4 N–H and O–H groups in total. The number of carbonyl (C=O) groups is 3. The topological polar surface area (TPSA) is 152 Å². The number of aliphatic hydroxyl groups excluding tert-OH is 3. The van der Waals surface area contributed by atoms with Crippen LogP contribution in [0.15, 0.2) is 18.2 Å². The number of hydrogen-bond donors (Lipinski definition) is 4. The van der Waals surface area contributed by atoms with Crippen molar-refractivity contribution in [3.63, 3.8) is 0 Å². The van der Waals surface area contributed by atoms with E-state index in [0.29, 0.717) is 12.0 Å².